The van der Waals surface area contributed by atoms with Crippen LogP contribution < -0.4 is 16.0 Å². The number of hydrogen-bond donors (Lipinski definition) is 3. The number of nitrogens with zero attached hydrogens (tertiary/aromatic N) is 1. The quantitative estimate of drug-likeness (QED) is 0.317. The molecule has 2 aromatic heterocycles. The molecule has 0 atom stereocenters. The number of rotatable bonds is 10. The SMILES string of the molecule is O=C(CC12CC3CC(CC(C3)C1)C2)Nc1cccc2nc(NCCCN[CH]c3ccco3)ccc12. The molecule has 1 amide bonds. The molecule has 2 heterocycles. The Balaban J connectivity index is 1.03. The summed E-state index contributed by atoms with van der Waals surface area (Å²) in [4.78, 5) is 17.9. The first-order valence-electron chi connectivity index (χ1n) is 13.2. The maximum atomic E-state index is 13.2. The first-order valence-corrected chi connectivity index (χ1v) is 13.2. The summed E-state index contributed by atoms with van der Waals surface area (Å²) >= 11 is 0. The lowest BCUT2D eigenvalue weighted by Gasteiger charge is -2.56. The van der Waals surface area contributed by atoms with Crippen molar-refractivity contribution >= 4 is 28.3 Å². The number of pyridine rings is 1. The van der Waals surface area contributed by atoms with Gasteiger partial charge in [0.15, 0.2) is 0 Å². The normalized spacial score (nSPS) is 26.8. The number of fused-ring (bicyclic) bond motifs is 1. The van der Waals surface area contributed by atoms with Gasteiger partial charge < -0.3 is 20.4 Å². The Bertz CT molecular complexity index is 1140. The smallest absolute Gasteiger partial charge is 0.224 e. The van der Waals surface area contributed by atoms with Gasteiger partial charge in [-0.15, -0.1) is 0 Å². The standard InChI is InChI=1S/C29H35N4O2/c34-28(18-29-15-20-12-21(16-29)14-22(13-20)17-29)33-26-6-1-5-25-24(26)7-8-27(32-25)31-10-3-9-30-19-23-4-2-11-35-23/h1-2,4-8,11,19-22,30H,3,9-10,12-18H2,(H,31,32)(H,33,34). The van der Waals surface area contributed by atoms with Crippen LogP contribution in [-0.2, 0) is 4.79 Å². The van der Waals surface area contributed by atoms with E-state index in [4.69, 9.17) is 9.40 Å². The lowest BCUT2D eigenvalue weighted by molar-refractivity contribution is -0.124. The molecule has 3 aromatic rings. The third kappa shape index (κ3) is 5.08. The molecule has 0 saturated heterocycles. The van der Waals surface area contributed by atoms with Crippen molar-refractivity contribution in [3.05, 3.63) is 61.0 Å². The number of amides is 1. The van der Waals surface area contributed by atoms with Crippen LogP contribution in [0.2, 0.25) is 0 Å². The van der Waals surface area contributed by atoms with E-state index in [0.717, 1.165) is 65.4 Å². The van der Waals surface area contributed by atoms with Crippen LogP contribution >= 0.6 is 0 Å². The highest BCUT2D eigenvalue weighted by Gasteiger charge is 2.51. The number of aromatic nitrogens is 1. The molecule has 1 radical (unpaired) electrons. The van der Waals surface area contributed by atoms with Gasteiger partial charge in [-0.3, -0.25) is 4.79 Å². The molecule has 4 fully saturated rings. The van der Waals surface area contributed by atoms with Crippen molar-refractivity contribution in [3.8, 4) is 0 Å². The van der Waals surface area contributed by atoms with Gasteiger partial charge in [0, 0.05) is 18.4 Å². The molecule has 35 heavy (non-hydrogen) atoms. The predicted molar refractivity (Wildman–Crippen MR) is 139 cm³/mol. The Morgan fingerprint density at radius 3 is 2.54 bits per heavy atom. The molecule has 7 rings (SSSR count). The Labute approximate surface area is 207 Å². The van der Waals surface area contributed by atoms with Gasteiger partial charge in [0.05, 0.1) is 24.0 Å². The van der Waals surface area contributed by atoms with Crippen LogP contribution in [0.15, 0.2) is 53.1 Å². The Morgan fingerprint density at radius 1 is 1.00 bits per heavy atom. The number of nitrogens with one attached hydrogen (secondary N) is 3. The molecular formula is C29H35N4O2. The second kappa shape index (κ2) is 9.65. The van der Waals surface area contributed by atoms with E-state index < -0.39 is 0 Å². The van der Waals surface area contributed by atoms with Crippen molar-refractivity contribution in [2.24, 2.45) is 23.2 Å². The first-order chi connectivity index (χ1) is 17.1. The Morgan fingerprint density at radius 2 is 1.80 bits per heavy atom. The third-order valence-electron chi connectivity index (χ3n) is 8.30. The monoisotopic (exact) mass is 471 g/mol. The first kappa shape index (κ1) is 22.6. The van der Waals surface area contributed by atoms with Gasteiger partial charge in [0.25, 0.3) is 0 Å². The minimum Gasteiger partial charge on any atom is -0.468 e. The zero-order valence-corrected chi connectivity index (χ0v) is 20.3. The van der Waals surface area contributed by atoms with Crippen LogP contribution in [0.25, 0.3) is 10.9 Å². The van der Waals surface area contributed by atoms with Gasteiger partial charge in [0.2, 0.25) is 5.91 Å². The van der Waals surface area contributed by atoms with Crippen molar-refractivity contribution < 1.29 is 9.21 Å². The van der Waals surface area contributed by atoms with Gasteiger partial charge in [0.1, 0.15) is 11.6 Å². The number of carbonyl (C=O) groups excluding carboxylic acids is 1. The second-order valence-electron chi connectivity index (χ2n) is 11.1. The van der Waals surface area contributed by atoms with Crippen molar-refractivity contribution in [2.45, 2.75) is 51.4 Å². The summed E-state index contributed by atoms with van der Waals surface area (Å²) in [7, 11) is 0. The van der Waals surface area contributed by atoms with Crippen LogP contribution in [0.1, 0.15) is 57.1 Å². The highest BCUT2D eigenvalue weighted by atomic mass is 16.3. The zero-order valence-electron chi connectivity index (χ0n) is 20.3. The van der Waals surface area contributed by atoms with E-state index in [2.05, 4.69) is 22.0 Å². The summed E-state index contributed by atoms with van der Waals surface area (Å²) in [5.74, 6) is 4.45. The van der Waals surface area contributed by atoms with E-state index in [1.807, 2.05) is 42.9 Å². The molecule has 6 heteroatoms. The molecule has 1 aromatic carbocycles. The average molecular weight is 472 g/mol. The number of benzene rings is 1. The van der Waals surface area contributed by atoms with Gasteiger partial charge >= 0.3 is 0 Å². The molecular weight excluding hydrogens is 436 g/mol. The summed E-state index contributed by atoms with van der Waals surface area (Å²) < 4.78 is 5.28. The van der Waals surface area contributed by atoms with Crippen LogP contribution in [0.4, 0.5) is 11.5 Å². The molecule has 4 bridgehead atoms. The van der Waals surface area contributed by atoms with Gasteiger partial charge in [-0.25, -0.2) is 4.98 Å². The Kier molecular flexibility index (Phi) is 6.23. The largest absolute Gasteiger partial charge is 0.468 e. The highest BCUT2D eigenvalue weighted by molar-refractivity contribution is 6.01. The van der Waals surface area contributed by atoms with Gasteiger partial charge in [-0.1, -0.05) is 6.07 Å². The van der Waals surface area contributed by atoms with Crippen molar-refractivity contribution in [1.82, 2.24) is 10.3 Å². The molecule has 183 valence electrons. The van der Waals surface area contributed by atoms with Gasteiger partial charge in [-0.05, 0) is 111 Å². The van der Waals surface area contributed by atoms with E-state index in [-0.39, 0.29) is 11.3 Å². The number of hydrogen-bond acceptors (Lipinski definition) is 5. The topological polar surface area (TPSA) is 79.2 Å². The summed E-state index contributed by atoms with van der Waals surface area (Å²) in [6, 6.07) is 13.8. The molecule has 4 aliphatic carbocycles. The van der Waals surface area contributed by atoms with E-state index in [0.29, 0.717) is 6.42 Å². The molecule has 0 aliphatic heterocycles. The maximum Gasteiger partial charge on any atom is 0.224 e. The minimum atomic E-state index is 0.167. The third-order valence-corrected chi connectivity index (χ3v) is 8.30. The van der Waals surface area contributed by atoms with E-state index in [1.54, 1.807) is 6.26 Å². The van der Waals surface area contributed by atoms with Gasteiger partial charge in [-0.2, -0.15) is 0 Å². The minimum absolute atomic E-state index is 0.167. The molecule has 0 unspecified atom stereocenters. The summed E-state index contributed by atoms with van der Waals surface area (Å²) in [6.07, 6.45) is 11.3. The number of carbonyl (C=O) groups is 1. The maximum absolute atomic E-state index is 13.2. The fourth-order valence-corrected chi connectivity index (χ4v) is 7.36. The van der Waals surface area contributed by atoms with E-state index in [1.165, 1.54) is 38.5 Å². The number of furan rings is 1. The lowest BCUT2D eigenvalue weighted by atomic mass is 9.49. The summed E-state index contributed by atoms with van der Waals surface area (Å²) in [5, 5.41) is 10.9. The molecule has 3 N–H and O–H groups in total. The summed E-state index contributed by atoms with van der Waals surface area (Å²) in [5.41, 5.74) is 2.02. The van der Waals surface area contributed by atoms with Crippen molar-refractivity contribution in [1.29, 1.82) is 0 Å². The fourth-order valence-electron chi connectivity index (χ4n) is 7.36. The Hall–Kier alpha value is -2.86. The van der Waals surface area contributed by atoms with Crippen LogP contribution in [0.3, 0.4) is 0 Å². The molecule has 4 aliphatic rings. The second-order valence-corrected chi connectivity index (χ2v) is 11.1. The van der Waals surface area contributed by atoms with E-state index >= 15 is 0 Å². The van der Waals surface area contributed by atoms with E-state index in [9.17, 15) is 4.79 Å². The fraction of sp³-hybridized carbons (Fsp3) is 0.483. The predicted octanol–water partition coefficient (Wildman–Crippen LogP) is 5.97. The number of anilines is 2. The molecule has 6 nitrogen and oxygen atoms in total. The van der Waals surface area contributed by atoms with Crippen LogP contribution in [0.5, 0.6) is 0 Å². The van der Waals surface area contributed by atoms with Crippen molar-refractivity contribution in [2.75, 3.05) is 23.7 Å². The molecule has 4 saturated carbocycles. The van der Waals surface area contributed by atoms with Crippen LogP contribution in [-0.4, -0.2) is 24.0 Å². The lowest BCUT2D eigenvalue weighted by Crippen LogP contribution is -2.47. The van der Waals surface area contributed by atoms with Crippen LogP contribution in [0, 0.1) is 29.7 Å². The summed E-state index contributed by atoms with van der Waals surface area (Å²) in [6.45, 7) is 3.55. The molecule has 0 spiro atoms. The highest BCUT2D eigenvalue weighted by Crippen LogP contribution is 2.61. The van der Waals surface area contributed by atoms with Crippen molar-refractivity contribution in [3.63, 3.8) is 0 Å². The average Bonchev–Trinajstić information content (AvgIpc) is 3.34. The zero-order chi connectivity index (χ0) is 23.7.